The summed E-state index contributed by atoms with van der Waals surface area (Å²) in [5.74, 6) is 1.61. The summed E-state index contributed by atoms with van der Waals surface area (Å²) in [6.07, 6.45) is 5.37. The number of aromatic nitrogens is 2. The molecule has 160 valence electrons. The number of carbonyl (C=O) groups is 1. The van der Waals surface area contributed by atoms with Gasteiger partial charge in [0.05, 0.1) is 23.5 Å². The Kier molecular flexibility index (Phi) is 7.70. The molecule has 0 aliphatic carbocycles. The van der Waals surface area contributed by atoms with Gasteiger partial charge in [-0.1, -0.05) is 32.4 Å². The van der Waals surface area contributed by atoms with Crippen molar-refractivity contribution in [1.29, 1.82) is 0 Å². The van der Waals surface area contributed by atoms with E-state index >= 15 is 0 Å². The van der Waals surface area contributed by atoms with Crippen molar-refractivity contribution >= 4 is 16.9 Å². The van der Waals surface area contributed by atoms with Crippen molar-refractivity contribution in [3.8, 4) is 0 Å². The third-order valence-electron chi connectivity index (χ3n) is 5.99. The number of rotatable bonds is 9. The van der Waals surface area contributed by atoms with Crippen LogP contribution in [0.25, 0.3) is 11.0 Å². The van der Waals surface area contributed by atoms with Crippen molar-refractivity contribution in [2.75, 3.05) is 26.2 Å². The first-order chi connectivity index (χ1) is 14.0. The fourth-order valence-electron chi connectivity index (χ4n) is 4.59. The lowest BCUT2D eigenvalue weighted by Crippen LogP contribution is -2.45. The number of likely N-dealkylation sites (tertiary alicyclic amines) is 1. The lowest BCUT2D eigenvalue weighted by Gasteiger charge is -2.35. The Hall–Kier alpha value is -1.88. The molecule has 5 nitrogen and oxygen atoms in total. The smallest absolute Gasteiger partial charge is 0.226 e. The van der Waals surface area contributed by atoms with E-state index < -0.39 is 0 Å². The number of hydrogen-bond acceptors (Lipinski definition) is 3. The van der Waals surface area contributed by atoms with Gasteiger partial charge in [-0.3, -0.25) is 9.69 Å². The molecule has 1 aromatic carbocycles. The normalized spacial score (nSPS) is 17.9. The van der Waals surface area contributed by atoms with Gasteiger partial charge in [-0.25, -0.2) is 4.98 Å². The standard InChI is InChI=1S/C24H38N4O/c1-5-7-16-27(14-6-2)24(29)20-11-10-15-26(17-20)18-23-25-21-12-8-9-13-22(21)28(23)19(3)4/h8-9,12-13,19-20H,5-7,10-11,14-18H2,1-4H3/t20-/m1/s1. The summed E-state index contributed by atoms with van der Waals surface area (Å²) in [5.41, 5.74) is 2.27. The zero-order valence-corrected chi connectivity index (χ0v) is 18.7. The van der Waals surface area contributed by atoms with Crippen molar-refractivity contribution in [2.24, 2.45) is 5.92 Å². The van der Waals surface area contributed by atoms with Crippen molar-refractivity contribution < 1.29 is 4.79 Å². The van der Waals surface area contributed by atoms with Crippen LogP contribution in [0.2, 0.25) is 0 Å². The van der Waals surface area contributed by atoms with Gasteiger partial charge in [0.2, 0.25) is 5.91 Å². The van der Waals surface area contributed by atoms with E-state index in [1.165, 1.54) is 5.52 Å². The molecule has 0 spiro atoms. The number of piperidine rings is 1. The van der Waals surface area contributed by atoms with Gasteiger partial charge in [0.15, 0.2) is 0 Å². The topological polar surface area (TPSA) is 41.4 Å². The number of nitrogens with zero attached hydrogens (tertiary/aromatic N) is 4. The molecule has 1 amide bonds. The van der Waals surface area contributed by atoms with E-state index in [2.05, 4.69) is 66.3 Å². The molecule has 0 N–H and O–H groups in total. The second-order valence-electron chi connectivity index (χ2n) is 8.73. The Balaban J connectivity index is 1.72. The summed E-state index contributed by atoms with van der Waals surface area (Å²) in [7, 11) is 0. The summed E-state index contributed by atoms with van der Waals surface area (Å²) in [6.45, 7) is 13.3. The van der Waals surface area contributed by atoms with Crippen molar-refractivity contribution in [2.45, 2.75) is 72.4 Å². The minimum Gasteiger partial charge on any atom is -0.342 e. The number of benzene rings is 1. The summed E-state index contributed by atoms with van der Waals surface area (Å²) in [4.78, 5) is 22.7. The molecule has 0 bridgehead atoms. The average molecular weight is 399 g/mol. The Morgan fingerprint density at radius 1 is 1.21 bits per heavy atom. The number of unbranched alkanes of at least 4 members (excludes halogenated alkanes) is 1. The fourth-order valence-corrected chi connectivity index (χ4v) is 4.59. The van der Waals surface area contributed by atoms with Crippen LogP contribution in [0.5, 0.6) is 0 Å². The van der Waals surface area contributed by atoms with Crippen LogP contribution in [0.1, 0.15) is 71.7 Å². The Morgan fingerprint density at radius 2 is 2.00 bits per heavy atom. The van der Waals surface area contributed by atoms with Crippen molar-refractivity contribution in [3.05, 3.63) is 30.1 Å². The van der Waals surface area contributed by atoms with Gasteiger partial charge in [0, 0.05) is 25.7 Å². The van der Waals surface area contributed by atoms with Gasteiger partial charge in [0.1, 0.15) is 5.82 Å². The summed E-state index contributed by atoms with van der Waals surface area (Å²) >= 11 is 0. The predicted molar refractivity (Wildman–Crippen MR) is 120 cm³/mol. The van der Waals surface area contributed by atoms with Gasteiger partial charge >= 0.3 is 0 Å². The molecule has 1 fully saturated rings. The van der Waals surface area contributed by atoms with E-state index in [4.69, 9.17) is 4.98 Å². The van der Waals surface area contributed by atoms with Crippen molar-refractivity contribution in [3.63, 3.8) is 0 Å². The molecular weight excluding hydrogens is 360 g/mol. The first-order valence-corrected chi connectivity index (χ1v) is 11.5. The number of fused-ring (bicyclic) bond motifs is 1. The minimum absolute atomic E-state index is 0.129. The van der Waals surface area contributed by atoms with E-state index in [1.807, 2.05) is 0 Å². The molecule has 1 aliphatic rings. The largest absolute Gasteiger partial charge is 0.342 e. The van der Waals surface area contributed by atoms with E-state index in [0.29, 0.717) is 11.9 Å². The predicted octanol–water partition coefficient (Wildman–Crippen LogP) is 4.87. The summed E-state index contributed by atoms with van der Waals surface area (Å²) < 4.78 is 2.35. The van der Waals surface area contributed by atoms with Crippen LogP contribution in [0.4, 0.5) is 0 Å². The molecular formula is C24H38N4O. The number of imidazole rings is 1. The van der Waals surface area contributed by atoms with Crippen LogP contribution in [-0.2, 0) is 11.3 Å². The maximum absolute atomic E-state index is 13.2. The van der Waals surface area contributed by atoms with Crippen LogP contribution in [0.3, 0.4) is 0 Å². The third-order valence-corrected chi connectivity index (χ3v) is 5.99. The monoisotopic (exact) mass is 398 g/mol. The molecule has 3 rings (SSSR count). The van der Waals surface area contributed by atoms with Gasteiger partial charge in [-0.15, -0.1) is 0 Å². The molecule has 2 heterocycles. The molecule has 1 aliphatic heterocycles. The molecule has 0 radical (unpaired) electrons. The Labute approximate surface area is 176 Å². The molecule has 5 heteroatoms. The highest BCUT2D eigenvalue weighted by molar-refractivity contribution is 5.79. The van der Waals surface area contributed by atoms with Crippen LogP contribution in [0, 0.1) is 5.92 Å². The maximum Gasteiger partial charge on any atom is 0.226 e. The zero-order valence-electron chi connectivity index (χ0n) is 18.7. The Morgan fingerprint density at radius 3 is 2.72 bits per heavy atom. The quantitative estimate of drug-likeness (QED) is 0.605. The second-order valence-corrected chi connectivity index (χ2v) is 8.73. The highest BCUT2D eigenvalue weighted by Gasteiger charge is 2.29. The molecule has 29 heavy (non-hydrogen) atoms. The van der Waals surface area contributed by atoms with Crippen LogP contribution >= 0.6 is 0 Å². The summed E-state index contributed by atoms with van der Waals surface area (Å²) in [6, 6.07) is 8.76. The lowest BCUT2D eigenvalue weighted by molar-refractivity contribution is -0.137. The third kappa shape index (κ3) is 5.19. The maximum atomic E-state index is 13.2. The van der Waals surface area contributed by atoms with Crippen LogP contribution in [0.15, 0.2) is 24.3 Å². The first kappa shape index (κ1) is 21.8. The van der Waals surface area contributed by atoms with Crippen molar-refractivity contribution in [1.82, 2.24) is 19.4 Å². The molecule has 1 aromatic heterocycles. The number of hydrogen-bond donors (Lipinski definition) is 0. The molecule has 2 aromatic rings. The van der Waals surface area contributed by atoms with E-state index in [1.54, 1.807) is 0 Å². The highest BCUT2D eigenvalue weighted by Crippen LogP contribution is 2.25. The molecule has 0 unspecified atom stereocenters. The molecule has 1 saturated heterocycles. The zero-order chi connectivity index (χ0) is 20.8. The van der Waals surface area contributed by atoms with E-state index in [0.717, 1.165) is 76.2 Å². The number of para-hydroxylation sites is 2. The lowest BCUT2D eigenvalue weighted by atomic mass is 9.96. The van der Waals surface area contributed by atoms with E-state index in [9.17, 15) is 4.79 Å². The fraction of sp³-hybridized carbons (Fsp3) is 0.667. The van der Waals surface area contributed by atoms with E-state index in [-0.39, 0.29) is 5.92 Å². The first-order valence-electron chi connectivity index (χ1n) is 11.5. The SMILES string of the molecule is CCCCN(CCC)C(=O)[C@@H]1CCCN(Cc2nc3ccccc3n2C(C)C)C1. The average Bonchev–Trinajstić information content (AvgIpc) is 3.08. The number of carbonyl (C=O) groups excluding carboxylic acids is 1. The van der Waals surface area contributed by atoms with Crippen LogP contribution < -0.4 is 0 Å². The van der Waals surface area contributed by atoms with Crippen LogP contribution in [-0.4, -0.2) is 51.4 Å². The Bertz CT molecular complexity index is 797. The van der Waals surface area contributed by atoms with Gasteiger partial charge < -0.3 is 9.47 Å². The molecule has 0 saturated carbocycles. The van der Waals surface area contributed by atoms with Gasteiger partial charge in [-0.05, 0) is 58.2 Å². The minimum atomic E-state index is 0.129. The number of amides is 1. The van der Waals surface area contributed by atoms with Gasteiger partial charge in [0.25, 0.3) is 0 Å². The molecule has 1 atom stereocenters. The highest BCUT2D eigenvalue weighted by atomic mass is 16.2. The summed E-state index contributed by atoms with van der Waals surface area (Å²) in [5, 5.41) is 0. The van der Waals surface area contributed by atoms with Gasteiger partial charge in [-0.2, -0.15) is 0 Å². The second kappa shape index (κ2) is 10.2.